The molecule has 5 heteroatoms. The third-order valence-electron chi connectivity index (χ3n) is 0.833. The van der Waals surface area contributed by atoms with Crippen molar-refractivity contribution in [3.05, 3.63) is 0 Å². The van der Waals surface area contributed by atoms with Crippen LogP contribution in [0.15, 0.2) is 0 Å². The molecule has 68 valence electrons. The minimum absolute atomic E-state index is 0.390. The van der Waals surface area contributed by atoms with Crippen molar-refractivity contribution in [2.75, 3.05) is 19.4 Å². The van der Waals surface area contributed by atoms with Gasteiger partial charge in [0, 0.05) is 6.16 Å². The molecular formula is C6H13Cl2O2P. The van der Waals surface area contributed by atoms with Crippen LogP contribution >= 0.6 is 31.6 Å². The Kier molecular flexibility index (Phi) is 8.21. The predicted octanol–water partition coefficient (Wildman–Crippen LogP) is 3.18. The van der Waals surface area contributed by atoms with Gasteiger partial charge >= 0.3 is 0 Å². The number of hydrogen-bond acceptors (Lipinski definition) is 2. The lowest BCUT2D eigenvalue weighted by Gasteiger charge is -2.15. The van der Waals surface area contributed by atoms with Crippen molar-refractivity contribution in [3.8, 4) is 0 Å². The lowest BCUT2D eigenvalue weighted by atomic mass is 10.9. The van der Waals surface area contributed by atoms with E-state index < -0.39 is 8.38 Å². The highest BCUT2D eigenvalue weighted by atomic mass is 35.5. The molecule has 0 radical (unpaired) electrons. The van der Waals surface area contributed by atoms with Gasteiger partial charge < -0.3 is 9.05 Å². The van der Waals surface area contributed by atoms with Gasteiger partial charge in [-0.25, -0.2) is 0 Å². The maximum absolute atomic E-state index is 5.57. The van der Waals surface area contributed by atoms with Gasteiger partial charge in [-0.15, -0.1) is 23.2 Å². The molecule has 0 aromatic heterocycles. The van der Waals surface area contributed by atoms with Crippen LogP contribution in [0.1, 0.15) is 13.8 Å². The second-order valence-electron chi connectivity index (χ2n) is 1.74. The van der Waals surface area contributed by atoms with E-state index >= 15 is 0 Å². The summed E-state index contributed by atoms with van der Waals surface area (Å²) < 4.78 is 10.5. The van der Waals surface area contributed by atoms with Gasteiger partial charge in [0.15, 0.2) is 8.38 Å². The first-order chi connectivity index (χ1) is 5.20. The van der Waals surface area contributed by atoms with Crippen LogP contribution in [0.25, 0.3) is 0 Å². The summed E-state index contributed by atoms with van der Waals surface area (Å²) in [5.41, 5.74) is 0. The standard InChI is InChI=1S/C6H13Cl2O2P/c1-3-9-11(10-4-2)5-6(7)8/h6H,3-5H2,1-2H3. The summed E-state index contributed by atoms with van der Waals surface area (Å²) >= 11 is 11.1. The fraction of sp³-hybridized carbons (Fsp3) is 1.00. The van der Waals surface area contributed by atoms with E-state index in [-0.39, 0.29) is 4.84 Å². The number of rotatable bonds is 6. The molecule has 0 aliphatic rings. The third kappa shape index (κ3) is 7.30. The molecule has 0 aromatic carbocycles. The fourth-order valence-electron chi connectivity index (χ4n) is 0.543. The fourth-order valence-corrected chi connectivity index (χ4v) is 2.31. The van der Waals surface area contributed by atoms with E-state index in [1.54, 1.807) is 0 Å². The maximum atomic E-state index is 5.57. The SMILES string of the molecule is CCOP(CC(Cl)Cl)OCC. The molecule has 0 aliphatic carbocycles. The molecule has 0 spiro atoms. The lowest BCUT2D eigenvalue weighted by Crippen LogP contribution is -2.00. The normalized spacial score (nSPS) is 11.5. The van der Waals surface area contributed by atoms with Crippen LogP contribution in [0, 0.1) is 0 Å². The van der Waals surface area contributed by atoms with Gasteiger partial charge in [0.2, 0.25) is 0 Å². The van der Waals surface area contributed by atoms with E-state index in [0.717, 1.165) is 0 Å². The average molecular weight is 219 g/mol. The summed E-state index contributed by atoms with van der Waals surface area (Å²) in [5, 5.41) is 0. The summed E-state index contributed by atoms with van der Waals surface area (Å²) in [6.07, 6.45) is 0.583. The van der Waals surface area contributed by atoms with Crippen LogP contribution in [0.2, 0.25) is 0 Å². The highest BCUT2D eigenvalue weighted by Gasteiger charge is 2.13. The van der Waals surface area contributed by atoms with E-state index in [1.165, 1.54) is 0 Å². The highest BCUT2D eigenvalue weighted by molar-refractivity contribution is 7.47. The minimum Gasteiger partial charge on any atom is -0.334 e. The van der Waals surface area contributed by atoms with Crippen LogP contribution in [-0.2, 0) is 9.05 Å². The molecule has 11 heavy (non-hydrogen) atoms. The first-order valence-electron chi connectivity index (χ1n) is 3.52. The Hall–Kier alpha value is 0.930. The number of hydrogen-bond donors (Lipinski definition) is 0. The zero-order chi connectivity index (χ0) is 8.69. The van der Waals surface area contributed by atoms with Gasteiger partial charge in [0.05, 0.1) is 13.2 Å². The molecule has 0 N–H and O–H groups in total. The Morgan fingerprint density at radius 2 is 1.64 bits per heavy atom. The summed E-state index contributed by atoms with van der Waals surface area (Å²) in [5.74, 6) is 0. The van der Waals surface area contributed by atoms with Crippen molar-refractivity contribution in [1.29, 1.82) is 0 Å². The minimum atomic E-state index is -0.864. The van der Waals surface area contributed by atoms with Crippen LogP contribution in [0.3, 0.4) is 0 Å². The predicted molar refractivity (Wildman–Crippen MR) is 50.5 cm³/mol. The number of alkyl halides is 2. The first-order valence-corrected chi connectivity index (χ1v) is 5.75. The molecule has 0 bridgehead atoms. The van der Waals surface area contributed by atoms with Gasteiger partial charge in [-0.2, -0.15) is 0 Å². The smallest absolute Gasteiger partial charge is 0.173 e. The Morgan fingerprint density at radius 1 is 1.18 bits per heavy atom. The molecule has 0 atom stereocenters. The van der Waals surface area contributed by atoms with Crippen molar-refractivity contribution in [2.45, 2.75) is 18.7 Å². The second kappa shape index (κ2) is 7.57. The Bertz CT molecular complexity index is 86.7. The molecule has 0 unspecified atom stereocenters. The molecule has 0 fully saturated rings. The van der Waals surface area contributed by atoms with Crippen LogP contribution in [-0.4, -0.2) is 24.2 Å². The number of halogens is 2. The first kappa shape index (κ1) is 11.9. The molecule has 0 amide bonds. The Balaban J connectivity index is 3.50. The summed E-state index contributed by atoms with van der Waals surface area (Å²) in [7, 11) is -0.864. The van der Waals surface area contributed by atoms with Crippen molar-refractivity contribution in [1.82, 2.24) is 0 Å². The average Bonchev–Trinajstić information content (AvgIpc) is 1.87. The van der Waals surface area contributed by atoms with Gasteiger partial charge in [0.25, 0.3) is 0 Å². The largest absolute Gasteiger partial charge is 0.334 e. The van der Waals surface area contributed by atoms with Crippen LogP contribution < -0.4 is 0 Å². The molecule has 0 aromatic rings. The molecule has 0 heterocycles. The molecule has 0 aliphatic heterocycles. The summed E-state index contributed by atoms with van der Waals surface area (Å²) in [4.78, 5) is -0.390. The Labute approximate surface area is 79.1 Å². The van der Waals surface area contributed by atoms with E-state index in [0.29, 0.717) is 19.4 Å². The molecular weight excluding hydrogens is 206 g/mol. The van der Waals surface area contributed by atoms with Crippen molar-refractivity contribution < 1.29 is 9.05 Å². The monoisotopic (exact) mass is 218 g/mol. The zero-order valence-electron chi connectivity index (χ0n) is 6.72. The van der Waals surface area contributed by atoms with E-state index in [9.17, 15) is 0 Å². The molecule has 0 saturated carbocycles. The quantitative estimate of drug-likeness (QED) is 0.504. The van der Waals surface area contributed by atoms with Gasteiger partial charge in [0.1, 0.15) is 4.84 Å². The lowest BCUT2D eigenvalue weighted by molar-refractivity contribution is 0.270. The van der Waals surface area contributed by atoms with Crippen LogP contribution in [0.5, 0.6) is 0 Å². The topological polar surface area (TPSA) is 18.5 Å². The molecule has 2 nitrogen and oxygen atoms in total. The second-order valence-corrected chi connectivity index (χ2v) is 4.57. The zero-order valence-corrected chi connectivity index (χ0v) is 9.12. The molecule has 0 saturated heterocycles. The summed E-state index contributed by atoms with van der Waals surface area (Å²) in [6, 6.07) is 0. The highest BCUT2D eigenvalue weighted by Crippen LogP contribution is 2.40. The van der Waals surface area contributed by atoms with Gasteiger partial charge in [-0.05, 0) is 13.8 Å². The van der Waals surface area contributed by atoms with Crippen LogP contribution in [0.4, 0.5) is 0 Å². The molecule has 0 rings (SSSR count). The van der Waals surface area contributed by atoms with Crippen molar-refractivity contribution >= 4 is 31.6 Å². The van der Waals surface area contributed by atoms with E-state index in [4.69, 9.17) is 32.2 Å². The van der Waals surface area contributed by atoms with Crippen molar-refractivity contribution in [3.63, 3.8) is 0 Å². The van der Waals surface area contributed by atoms with Crippen molar-refractivity contribution in [2.24, 2.45) is 0 Å². The van der Waals surface area contributed by atoms with Gasteiger partial charge in [-0.3, -0.25) is 0 Å². The summed E-state index contributed by atoms with van der Waals surface area (Å²) in [6.45, 7) is 5.13. The third-order valence-corrected chi connectivity index (χ3v) is 3.33. The van der Waals surface area contributed by atoms with E-state index in [1.807, 2.05) is 13.8 Å². The maximum Gasteiger partial charge on any atom is 0.173 e. The Morgan fingerprint density at radius 3 is 1.91 bits per heavy atom. The van der Waals surface area contributed by atoms with E-state index in [2.05, 4.69) is 0 Å². The van der Waals surface area contributed by atoms with Gasteiger partial charge in [-0.1, -0.05) is 0 Å².